The topological polar surface area (TPSA) is 87.6 Å². The van der Waals surface area contributed by atoms with E-state index < -0.39 is 0 Å². The molecule has 1 saturated heterocycles. The lowest BCUT2D eigenvalue weighted by Gasteiger charge is -2.40. The number of nitrogens with zero attached hydrogens (tertiary/aromatic N) is 4. The molecule has 0 radical (unpaired) electrons. The van der Waals surface area contributed by atoms with Crippen LogP contribution in [-0.4, -0.2) is 76.7 Å². The molecule has 5 aromatic rings. The fraction of sp³-hybridized carbons (Fsp3) is 0.317. The second-order valence-electron chi connectivity index (χ2n) is 12.6. The maximum Gasteiger partial charge on any atom is 0.203 e. The Morgan fingerprint density at radius 3 is 1.45 bits per heavy atom. The molecule has 0 saturated carbocycles. The lowest BCUT2D eigenvalue weighted by Crippen LogP contribution is -2.44. The Bertz CT molecular complexity index is 1930. The molecule has 1 aliphatic rings. The highest BCUT2D eigenvalue weighted by Crippen LogP contribution is 2.42. The minimum absolute atomic E-state index is 0. The van der Waals surface area contributed by atoms with Crippen LogP contribution in [0.5, 0.6) is 34.5 Å². The number of pyridine rings is 2. The predicted octanol–water partition coefficient (Wildman–Crippen LogP) is 8.94. The van der Waals surface area contributed by atoms with Gasteiger partial charge >= 0.3 is 0 Å². The SMILES string of the molecule is COc1cc(-c2cncc(CN3CCC(N(Cc4cncc(-c5cc(OC)c(OC)c(OC)c5)c4)c4ccc(F)cc4)CC3)c2)cc(OC)c1OC.Cl.Cl.Cl. The standard InChI is InChI=1S/C41H45FN4O6.3ClH/c1-47-36-17-29(18-37(48-2)40(36)51-5)31-15-27(21-43-23-31)25-45-13-11-35(12-14-45)46(34-9-7-33(42)8-10-34)26-28-16-32(24-44-22-28)30-19-38(49-3)41(52-6)39(20-30)50-4;;;/h7-10,15-24,35H,11-14,25-26H2,1-6H3;3*1H. The Morgan fingerprint density at radius 1 is 0.582 bits per heavy atom. The molecule has 10 nitrogen and oxygen atoms in total. The van der Waals surface area contributed by atoms with Gasteiger partial charge in [0.05, 0.1) is 42.7 Å². The normalized spacial score (nSPS) is 12.6. The van der Waals surface area contributed by atoms with Crippen LogP contribution in [0.15, 0.2) is 85.5 Å². The van der Waals surface area contributed by atoms with E-state index >= 15 is 0 Å². The second-order valence-corrected chi connectivity index (χ2v) is 12.6. The molecule has 0 amide bonds. The number of piperidine rings is 1. The first-order valence-electron chi connectivity index (χ1n) is 17.1. The number of rotatable bonds is 14. The van der Waals surface area contributed by atoms with Gasteiger partial charge in [0.1, 0.15) is 5.82 Å². The molecule has 2 aromatic heterocycles. The summed E-state index contributed by atoms with van der Waals surface area (Å²) in [4.78, 5) is 14.0. The highest BCUT2D eigenvalue weighted by Gasteiger charge is 2.26. The summed E-state index contributed by atoms with van der Waals surface area (Å²) in [5, 5.41) is 0. The average Bonchev–Trinajstić information content (AvgIpc) is 3.19. The Kier molecular flexibility index (Phi) is 16.9. The molecule has 3 heterocycles. The van der Waals surface area contributed by atoms with Crippen LogP contribution < -0.4 is 33.3 Å². The summed E-state index contributed by atoms with van der Waals surface area (Å²) in [6.07, 6.45) is 9.38. The molecule has 14 heteroatoms. The number of likely N-dealkylation sites (tertiary alicyclic amines) is 1. The van der Waals surface area contributed by atoms with Crippen LogP contribution in [0.1, 0.15) is 24.0 Å². The predicted molar refractivity (Wildman–Crippen MR) is 221 cm³/mol. The van der Waals surface area contributed by atoms with Crippen LogP contribution in [0.3, 0.4) is 0 Å². The first-order valence-corrected chi connectivity index (χ1v) is 17.1. The van der Waals surface area contributed by atoms with Crippen molar-refractivity contribution in [3.8, 4) is 56.8 Å². The molecule has 0 aliphatic carbocycles. The van der Waals surface area contributed by atoms with Gasteiger partial charge in [-0.15, -0.1) is 37.2 Å². The van der Waals surface area contributed by atoms with Gasteiger partial charge in [-0.25, -0.2) is 4.39 Å². The number of hydrogen-bond acceptors (Lipinski definition) is 10. The van der Waals surface area contributed by atoms with Crippen LogP contribution >= 0.6 is 37.2 Å². The van der Waals surface area contributed by atoms with E-state index in [4.69, 9.17) is 28.4 Å². The average molecular weight is 818 g/mol. The summed E-state index contributed by atoms with van der Waals surface area (Å²) in [5.41, 5.74) is 6.85. The summed E-state index contributed by atoms with van der Waals surface area (Å²) in [7, 11) is 9.62. The van der Waals surface area contributed by atoms with Crippen molar-refractivity contribution in [2.45, 2.75) is 32.0 Å². The van der Waals surface area contributed by atoms with Crippen LogP contribution in [0.25, 0.3) is 22.3 Å². The Hall–Kier alpha value is -4.68. The first kappa shape index (κ1) is 44.7. The third kappa shape index (κ3) is 10.3. The van der Waals surface area contributed by atoms with E-state index in [9.17, 15) is 4.39 Å². The Balaban J connectivity index is 0.00000271. The van der Waals surface area contributed by atoms with Crippen molar-refractivity contribution >= 4 is 42.9 Å². The zero-order valence-corrected chi connectivity index (χ0v) is 34.2. The number of hydrogen-bond donors (Lipinski definition) is 0. The fourth-order valence-corrected chi connectivity index (χ4v) is 6.87. The summed E-state index contributed by atoms with van der Waals surface area (Å²) in [6, 6.07) is 19.0. The van der Waals surface area contributed by atoms with Gasteiger partial charge in [-0.1, -0.05) is 0 Å². The van der Waals surface area contributed by atoms with Crippen LogP contribution in [0, 0.1) is 5.82 Å². The lowest BCUT2D eigenvalue weighted by atomic mass is 9.99. The molecular weight excluding hydrogens is 770 g/mol. The minimum atomic E-state index is -0.257. The molecule has 1 fully saturated rings. The highest BCUT2D eigenvalue weighted by atomic mass is 35.5. The molecule has 55 heavy (non-hydrogen) atoms. The third-order valence-electron chi connectivity index (χ3n) is 9.50. The zero-order valence-electron chi connectivity index (χ0n) is 31.7. The van der Waals surface area contributed by atoms with Crippen molar-refractivity contribution in [3.05, 3.63) is 102 Å². The van der Waals surface area contributed by atoms with E-state index in [1.807, 2.05) is 61.2 Å². The molecule has 1 aliphatic heterocycles. The molecule has 0 bridgehead atoms. The number of aromatic nitrogens is 2. The van der Waals surface area contributed by atoms with Gasteiger partial charge < -0.3 is 33.3 Å². The minimum Gasteiger partial charge on any atom is -0.493 e. The van der Waals surface area contributed by atoms with Crippen molar-refractivity contribution in [1.82, 2.24) is 14.9 Å². The van der Waals surface area contributed by atoms with Crippen molar-refractivity contribution in [2.75, 3.05) is 60.6 Å². The Labute approximate surface area is 341 Å². The van der Waals surface area contributed by atoms with E-state index in [1.54, 1.807) is 42.7 Å². The van der Waals surface area contributed by atoms with Gasteiger partial charge in [-0.05, 0) is 95.8 Å². The quantitative estimate of drug-likeness (QED) is 0.108. The van der Waals surface area contributed by atoms with Gasteiger partial charge in [0, 0.05) is 73.8 Å². The van der Waals surface area contributed by atoms with Crippen LogP contribution in [0.2, 0.25) is 0 Å². The van der Waals surface area contributed by atoms with Crippen LogP contribution in [0.4, 0.5) is 10.1 Å². The zero-order chi connectivity index (χ0) is 36.6. The summed E-state index contributed by atoms with van der Waals surface area (Å²) >= 11 is 0. The Morgan fingerprint density at radius 2 is 1.02 bits per heavy atom. The van der Waals surface area contributed by atoms with Crippen molar-refractivity contribution < 1.29 is 32.8 Å². The fourth-order valence-electron chi connectivity index (χ4n) is 6.87. The van der Waals surface area contributed by atoms with E-state index in [0.29, 0.717) is 41.0 Å². The van der Waals surface area contributed by atoms with E-state index in [1.165, 1.54) is 12.1 Å². The molecule has 3 aromatic carbocycles. The molecule has 0 atom stereocenters. The van der Waals surface area contributed by atoms with Gasteiger partial charge in [0.2, 0.25) is 11.5 Å². The number of ether oxygens (including phenoxy) is 6. The number of methoxy groups -OCH3 is 6. The van der Waals surface area contributed by atoms with Gasteiger partial charge in [0.25, 0.3) is 0 Å². The smallest absolute Gasteiger partial charge is 0.203 e. The molecule has 0 spiro atoms. The highest BCUT2D eigenvalue weighted by molar-refractivity contribution is 5.86. The molecular formula is C41H48Cl3FN4O6. The maximum absolute atomic E-state index is 14.1. The monoisotopic (exact) mass is 816 g/mol. The lowest BCUT2D eigenvalue weighted by molar-refractivity contribution is 0.200. The number of benzene rings is 3. The van der Waals surface area contributed by atoms with Crippen molar-refractivity contribution in [2.24, 2.45) is 0 Å². The van der Waals surface area contributed by atoms with E-state index in [2.05, 4.69) is 31.9 Å². The van der Waals surface area contributed by atoms with Crippen molar-refractivity contribution in [1.29, 1.82) is 0 Å². The molecule has 0 unspecified atom stereocenters. The molecule has 6 rings (SSSR count). The number of halogens is 4. The third-order valence-corrected chi connectivity index (χ3v) is 9.50. The summed E-state index contributed by atoms with van der Waals surface area (Å²) in [5.74, 6) is 3.17. The van der Waals surface area contributed by atoms with Crippen molar-refractivity contribution in [3.63, 3.8) is 0 Å². The van der Waals surface area contributed by atoms with Crippen LogP contribution in [-0.2, 0) is 13.1 Å². The van der Waals surface area contributed by atoms with Gasteiger partial charge in [0.15, 0.2) is 23.0 Å². The number of anilines is 1. The van der Waals surface area contributed by atoms with E-state index in [-0.39, 0.29) is 49.1 Å². The molecule has 296 valence electrons. The maximum atomic E-state index is 14.1. The second kappa shape index (κ2) is 20.8. The van der Waals surface area contributed by atoms with Gasteiger partial charge in [-0.3, -0.25) is 14.9 Å². The van der Waals surface area contributed by atoms with E-state index in [0.717, 1.165) is 71.5 Å². The first-order chi connectivity index (χ1) is 25.4. The largest absolute Gasteiger partial charge is 0.493 e. The summed E-state index contributed by atoms with van der Waals surface area (Å²) < 4.78 is 47.4. The molecule has 0 N–H and O–H groups in total. The summed E-state index contributed by atoms with van der Waals surface area (Å²) in [6.45, 7) is 3.19. The van der Waals surface area contributed by atoms with Gasteiger partial charge in [-0.2, -0.15) is 0 Å².